The van der Waals surface area contributed by atoms with E-state index in [1.54, 1.807) is 11.6 Å². The van der Waals surface area contributed by atoms with Gasteiger partial charge in [0.05, 0.1) is 0 Å². The van der Waals surface area contributed by atoms with E-state index in [0.717, 1.165) is 18.4 Å². The van der Waals surface area contributed by atoms with E-state index in [1.165, 1.54) is 33.3 Å². The molecule has 0 unspecified atom stereocenters. The summed E-state index contributed by atoms with van der Waals surface area (Å²) in [6.07, 6.45) is 5.18. The first-order valence-corrected chi connectivity index (χ1v) is 8.05. The van der Waals surface area contributed by atoms with Crippen molar-refractivity contribution in [1.82, 2.24) is 9.38 Å². The van der Waals surface area contributed by atoms with Crippen molar-refractivity contribution >= 4 is 27.9 Å². The summed E-state index contributed by atoms with van der Waals surface area (Å²) in [4.78, 5) is 15.8. The fourth-order valence-electron chi connectivity index (χ4n) is 2.99. The molecule has 1 N–H and O–H groups in total. The third kappa shape index (κ3) is 2.14. The van der Waals surface area contributed by atoms with E-state index < -0.39 is 4.92 Å². The van der Waals surface area contributed by atoms with Crippen LogP contribution in [0.25, 0.3) is 4.96 Å². The maximum atomic E-state index is 11.3. The molecule has 22 heavy (non-hydrogen) atoms. The van der Waals surface area contributed by atoms with Crippen LogP contribution in [0.15, 0.2) is 29.8 Å². The second-order valence-electron chi connectivity index (χ2n) is 5.41. The molecular weight excluding hydrogens is 300 g/mol. The number of benzene rings is 1. The zero-order valence-corrected chi connectivity index (χ0v) is 12.6. The first kappa shape index (κ1) is 13.3. The Bertz CT molecular complexity index is 868. The van der Waals surface area contributed by atoms with Gasteiger partial charge in [-0.15, -0.1) is 0 Å². The van der Waals surface area contributed by atoms with Crippen molar-refractivity contribution < 1.29 is 4.92 Å². The van der Waals surface area contributed by atoms with Crippen molar-refractivity contribution in [1.29, 1.82) is 0 Å². The second kappa shape index (κ2) is 5.10. The number of thiazole rings is 1. The predicted molar refractivity (Wildman–Crippen MR) is 85.5 cm³/mol. The smallest absolute Gasteiger partial charge is 0.359 e. The summed E-state index contributed by atoms with van der Waals surface area (Å²) in [5.41, 5.74) is 3.96. The molecule has 6 nitrogen and oxygen atoms in total. The molecule has 0 bridgehead atoms. The van der Waals surface area contributed by atoms with E-state index in [2.05, 4.69) is 28.5 Å². The molecule has 112 valence electrons. The molecule has 0 saturated carbocycles. The van der Waals surface area contributed by atoms with Crippen molar-refractivity contribution in [3.05, 3.63) is 56.6 Å². The summed E-state index contributed by atoms with van der Waals surface area (Å²) in [5, 5.41) is 16.2. The molecule has 1 aromatic carbocycles. The Hall–Kier alpha value is -2.41. The lowest BCUT2D eigenvalue weighted by Crippen LogP contribution is -2.03. The third-order valence-corrected chi connectivity index (χ3v) is 4.79. The summed E-state index contributed by atoms with van der Waals surface area (Å²) in [7, 11) is 0. The molecule has 0 radical (unpaired) electrons. The van der Waals surface area contributed by atoms with Gasteiger partial charge in [0, 0.05) is 11.9 Å². The van der Waals surface area contributed by atoms with Crippen molar-refractivity contribution in [2.75, 3.05) is 5.32 Å². The monoisotopic (exact) mass is 314 g/mol. The summed E-state index contributed by atoms with van der Waals surface area (Å²) >= 11 is 1.39. The third-order valence-electron chi connectivity index (χ3n) is 4.03. The summed E-state index contributed by atoms with van der Waals surface area (Å²) < 4.78 is 1.51. The van der Waals surface area contributed by atoms with Gasteiger partial charge in [0.1, 0.15) is 6.20 Å². The minimum Gasteiger partial charge on any atom is -0.359 e. The van der Waals surface area contributed by atoms with Crippen LogP contribution in [-0.4, -0.2) is 14.3 Å². The average Bonchev–Trinajstić information content (AvgIpc) is 3.18. The quantitative estimate of drug-likeness (QED) is 0.591. The van der Waals surface area contributed by atoms with Gasteiger partial charge in [-0.25, -0.2) is 0 Å². The average molecular weight is 314 g/mol. The molecule has 1 aliphatic carbocycles. The van der Waals surface area contributed by atoms with Gasteiger partial charge in [0.25, 0.3) is 4.96 Å². The van der Waals surface area contributed by atoms with Gasteiger partial charge < -0.3 is 15.4 Å². The van der Waals surface area contributed by atoms with Gasteiger partial charge in [-0.1, -0.05) is 29.5 Å². The first-order valence-electron chi connectivity index (χ1n) is 7.17. The van der Waals surface area contributed by atoms with Crippen LogP contribution in [0.3, 0.4) is 0 Å². The minimum atomic E-state index is -0.391. The Morgan fingerprint density at radius 3 is 3.09 bits per heavy atom. The fraction of sp³-hybridized carbons (Fsp3) is 0.267. The van der Waals surface area contributed by atoms with Crippen molar-refractivity contribution in [3.8, 4) is 0 Å². The zero-order chi connectivity index (χ0) is 15.1. The number of nitro groups is 1. The molecule has 1 aliphatic rings. The van der Waals surface area contributed by atoms with Gasteiger partial charge in [0.15, 0.2) is 0 Å². The van der Waals surface area contributed by atoms with Crippen LogP contribution < -0.4 is 5.32 Å². The van der Waals surface area contributed by atoms with E-state index in [4.69, 9.17) is 0 Å². The molecule has 0 spiro atoms. The van der Waals surface area contributed by atoms with Crippen LogP contribution in [0, 0.1) is 10.1 Å². The number of fused-ring (bicyclic) bond motifs is 2. The lowest BCUT2D eigenvalue weighted by atomic mass is 10.1. The predicted octanol–water partition coefficient (Wildman–Crippen LogP) is 3.40. The fourth-order valence-corrected chi connectivity index (χ4v) is 3.70. The Kier molecular flexibility index (Phi) is 3.07. The lowest BCUT2D eigenvalue weighted by molar-refractivity contribution is -0.389. The summed E-state index contributed by atoms with van der Waals surface area (Å²) in [6.45, 7) is 0.541. The summed E-state index contributed by atoms with van der Waals surface area (Å²) in [5.74, 6) is 0.328. The lowest BCUT2D eigenvalue weighted by Gasteiger charge is -2.06. The van der Waals surface area contributed by atoms with Gasteiger partial charge in [-0.05, 0) is 40.9 Å². The normalized spacial score (nSPS) is 13.5. The maximum Gasteiger partial charge on any atom is 0.372 e. The van der Waals surface area contributed by atoms with Gasteiger partial charge in [-0.3, -0.25) is 0 Å². The highest BCUT2D eigenvalue weighted by molar-refractivity contribution is 7.15. The number of aromatic nitrogens is 2. The molecular formula is C15H14N4O2S. The van der Waals surface area contributed by atoms with E-state index in [1.807, 2.05) is 0 Å². The highest BCUT2D eigenvalue weighted by atomic mass is 32.1. The largest absolute Gasteiger partial charge is 0.372 e. The molecule has 2 aromatic heterocycles. The highest BCUT2D eigenvalue weighted by Gasteiger charge is 2.23. The molecule has 0 amide bonds. The van der Waals surface area contributed by atoms with Crippen LogP contribution in [-0.2, 0) is 19.4 Å². The summed E-state index contributed by atoms with van der Waals surface area (Å²) in [6, 6.07) is 6.44. The first-order chi connectivity index (χ1) is 10.7. The topological polar surface area (TPSA) is 72.5 Å². The Labute approximate surface area is 130 Å². The number of anilines is 1. The minimum absolute atomic E-state index is 0.00240. The van der Waals surface area contributed by atoms with Gasteiger partial charge in [-0.2, -0.15) is 9.38 Å². The zero-order valence-electron chi connectivity index (χ0n) is 11.8. The van der Waals surface area contributed by atoms with Crippen LogP contribution in [0.5, 0.6) is 0 Å². The Morgan fingerprint density at radius 2 is 2.23 bits per heavy atom. The maximum absolute atomic E-state index is 11.3. The molecule has 0 saturated heterocycles. The van der Waals surface area contributed by atoms with Crippen LogP contribution in [0.4, 0.5) is 11.6 Å². The van der Waals surface area contributed by atoms with Crippen molar-refractivity contribution in [2.45, 2.75) is 25.8 Å². The van der Waals surface area contributed by atoms with Crippen LogP contribution in [0.2, 0.25) is 0 Å². The molecule has 2 heterocycles. The molecule has 3 aromatic rings. The number of aryl methyl sites for hydroxylation is 2. The molecule has 0 atom stereocenters. The Morgan fingerprint density at radius 1 is 1.36 bits per heavy atom. The number of nitrogens with one attached hydrogen (secondary N) is 1. The van der Waals surface area contributed by atoms with Gasteiger partial charge >= 0.3 is 5.82 Å². The SMILES string of the molecule is O=[N+]([O-])c1c(NCc2ccc3c(c2)CCC3)nc2sccn12. The number of hydrogen-bond acceptors (Lipinski definition) is 5. The molecule has 0 aliphatic heterocycles. The van der Waals surface area contributed by atoms with Gasteiger partial charge in [0.2, 0.25) is 5.82 Å². The van der Waals surface area contributed by atoms with Crippen molar-refractivity contribution in [2.24, 2.45) is 0 Å². The van der Waals surface area contributed by atoms with Crippen LogP contribution in [0.1, 0.15) is 23.1 Å². The number of nitrogens with zero attached hydrogens (tertiary/aromatic N) is 3. The molecule has 0 fully saturated rings. The number of rotatable bonds is 4. The highest BCUT2D eigenvalue weighted by Crippen LogP contribution is 2.29. The van der Waals surface area contributed by atoms with Crippen molar-refractivity contribution in [3.63, 3.8) is 0 Å². The Balaban J connectivity index is 1.60. The molecule has 7 heteroatoms. The van der Waals surface area contributed by atoms with E-state index >= 15 is 0 Å². The number of hydrogen-bond donors (Lipinski definition) is 1. The standard InChI is InChI=1S/C15H14N4O2S/c20-19(21)14-13(17-15-18(14)6-7-22-15)16-9-10-4-5-11-2-1-3-12(11)8-10/h4-8,16H,1-3,9H2. The molecule has 4 rings (SSSR count). The van der Waals surface area contributed by atoms with E-state index in [-0.39, 0.29) is 5.82 Å². The van der Waals surface area contributed by atoms with E-state index in [9.17, 15) is 10.1 Å². The van der Waals surface area contributed by atoms with E-state index in [0.29, 0.717) is 17.3 Å². The second-order valence-corrected chi connectivity index (χ2v) is 6.28. The van der Waals surface area contributed by atoms with Crippen LogP contribution >= 0.6 is 11.3 Å². The number of imidazole rings is 1.